The molecule has 0 saturated carbocycles. The van der Waals surface area contributed by atoms with Crippen molar-refractivity contribution in [3.05, 3.63) is 144 Å². The third-order valence-corrected chi connectivity index (χ3v) is 13.5. The zero-order valence-electron chi connectivity index (χ0n) is 30.3. The van der Waals surface area contributed by atoms with E-state index in [2.05, 4.69) is 129 Å². The predicted molar refractivity (Wildman–Crippen MR) is 212 cm³/mol. The van der Waals surface area contributed by atoms with Crippen LogP contribution in [0, 0.1) is 31.9 Å². The van der Waals surface area contributed by atoms with E-state index in [0.29, 0.717) is 5.92 Å². The number of furan rings is 1. The van der Waals surface area contributed by atoms with Gasteiger partial charge in [0, 0.05) is 31.2 Å². The molecule has 0 N–H and O–H groups in total. The van der Waals surface area contributed by atoms with E-state index in [9.17, 15) is 0 Å². The number of aromatic nitrogens is 3. The maximum Gasteiger partial charge on any atom is 0.120 e. The SMILES string of the molecule is CC(C)Cc1cc(-c2[c-]cccc2)nc[c]1[Ge]([CH3])([CH3])[CH3].Cc1cccc(C)c1-n1c(-c2[c-]ccc3c2oc2ccccc23)nc2ccccc21.[Ir]. The van der Waals surface area contributed by atoms with Gasteiger partial charge in [0.15, 0.2) is 0 Å². The monoisotopic (exact) mass is 908 g/mol. The third-order valence-electron chi connectivity index (χ3n) is 9.20. The Hall–Kier alpha value is -4.29. The number of nitrogens with zero attached hydrogens (tertiary/aromatic N) is 3. The van der Waals surface area contributed by atoms with Crippen molar-refractivity contribution in [2.24, 2.45) is 5.92 Å². The second-order valence-electron chi connectivity index (χ2n) is 14.5. The van der Waals surface area contributed by atoms with Gasteiger partial charge in [-0.25, -0.2) is 0 Å². The molecule has 4 nitrogen and oxygen atoms in total. The second kappa shape index (κ2) is 15.1. The largest absolute Gasteiger partial charge is 0.501 e. The predicted octanol–water partition coefficient (Wildman–Crippen LogP) is 11.3. The van der Waals surface area contributed by atoms with Crippen LogP contribution in [-0.4, -0.2) is 27.8 Å². The van der Waals surface area contributed by atoms with Gasteiger partial charge in [-0.15, -0.1) is 18.2 Å². The normalized spacial score (nSPS) is 11.5. The molecule has 0 atom stereocenters. The molecule has 0 aliphatic carbocycles. The number of hydrogen-bond acceptors (Lipinski definition) is 3. The Morgan fingerprint density at radius 1 is 0.784 bits per heavy atom. The van der Waals surface area contributed by atoms with E-state index in [1.807, 2.05) is 48.5 Å². The maximum atomic E-state index is 6.30. The van der Waals surface area contributed by atoms with Gasteiger partial charge in [0.2, 0.25) is 0 Å². The quantitative estimate of drug-likeness (QED) is 0.123. The van der Waals surface area contributed by atoms with Gasteiger partial charge in [0.1, 0.15) is 5.58 Å². The Balaban J connectivity index is 0.000000188. The number of rotatable bonds is 6. The van der Waals surface area contributed by atoms with Gasteiger partial charge in [-0.3, -0.25) is 4.98 Å². The van der Waals surface area contributed by atoms with E-state index in [-0.39, 0.29) is 20.1 Å². The van der Waals surface area contributed by atoms with Gasteiger partial charge in [-0.05, 0) is 43.2 Å². The zero-order chi connectivity index (χ0) is 35.0. The van der Waals surface area contributed by atoms with Crippen molar-refractivity contribution >= 4 is 50.6 Å². The van der Waals surface area contributed by atoms with Crippen molar-refractivity contribution in [3.63, 3.8) is 0 Å². The molecule has 0 saturated heterocycles. The molecule has 8 rings (SSSR count). The molecule has 0 spiro atoms. The van der Waals surface area contributed by atoms with E-state index in [0.717, 1.165) is 67.7 Å². The van der Waals surface area contributed by atoms with Gasteiger partial charge in [-0.2, -0.15) is 0 Å². The fourth-order valence-electron chi connectivity index (χ4n) is 6.92. The minimum absolute atomic E-state index is 0. The molecule has 5 aromatic carbocycles. The summed E-state index contributed by atoms with van der Waals surface area (Å²) in [5, 5.41) is 2.19. The van der Waals surface area contributed by atoms with Crippen LogP contribution in [0.3, 0.4) is 0 Å². The summed E-state index contributed by atoms with van der Waals surface area (Å²) < 4.78 is 10.1. The Morgan fingerprint density at radius 3 is 2.24 bits per heavy atom. The maximum absolute atomic E-state index is 6.30. The van der Waals surface area contributed by atoms with E-state index in [1.165, 1.54) is 16.7 Å². The zero-order valence-corrected chi connectivity index (χ0v) is 34.8. The van der Waals surface area contributed by atoms with Crippen LogP contribution in [0.1, 0.15) is 30.5 Å². The molecule has 0 aliphatic heterocycles. The summed E-state index contributed by atoms with van der Waals surface area (Å²) in [6, 6.07) is 43.9. The fraction of sp³-hybridized carbons (Fsp3) is 0.200. The molecule has 0 amide bonds. The Bertz CT molecular complexity index is 2430. The molecule has 8 aromatic rings. The fourth-order valence-corrected chi connectivity index (χ4v) is 10.3. The van der Waals surface area contributed by atoms with E-state index in [1.54, 1.807) is 4.40 Å². The number of fused-ring (bicyclic) bond motifs is 4. The Kier molecular flexibility index (Phi) is 10.8. The van der Waals surface area contributed by atoms with Crippen LogP contribution in [0.2, 0.25) is 17.3 Å². The third kappa shape index (κ3) is 7.39. The molecule has 6 heteroatoms. The molecular weight excluding hydrogens is 863 g/mol. The number of pyridine rings is 1. The van der Waals surface area contributed by atoms with Crippen LogP contribution in [-0.2, 0) is 26.5 Å². The molecule has 0 aliphatic rings. The second-order valence-corrected chi connectivity index (χ2v) is 25.1. The molecule has 0 fully saturated rings. The molecule has 3 heterocycles. The van der Waals surface area contributed by atoms with Crippen LogP contribution in [0.15, 0.2) is 120 Å². The first-order chi connectivity index (χ1) is 24.1. The topological polar surface area (TPSA) is 43.9 Å². The summed E-state index contributed by atoms with van der Waals surface area (Å²) in [7, 11) is 0. The standard InChI is InChI=1S/C27H19N2O.C18H24GeN.Ir/c1-17-9-7-10-18(2)25(17)29-23-15-5-4-14-22(23)28-27(29)21-13-8-12-20-19-11-3-6-16-24(19)30-26(20)21;1-14(2)11-16-12-18(15-9-7-6-8-10-15)20-13-17(16)19(3,4)5;/h3-12,14-16H,1-2H3;6-9,12-14H,11H2,1-5H3;/q2*-1;. The van der Waals surface area contributed by atoms with E-state index >= 15 is 0 Å². The summed E-state index contributed by atoms with van der Waals surface area (Å²) in [5.74, 6) is 8.84. The van der Waals surface area contributed by atoms with Crippen molar-refractivity contribution in [1.29, 1.82) is 0 Å². The Labute approximate surface area is 317 Å². The number of hydrogen-bond donors (Lipinski definition) is 0. The van der Waals surface area contributed by atoms with Gasteiger partial charge >= 0.3 is 126 Å². The number of benzene rings is 5. The van der Waals surface area contributed by atoms with Crippen LogP contribution in [0.5, 0.6) is 0 Å². The number of para-hydroxylation sites is 4. The van der Waals surface area contributed by atoms with Crippen molar-refractivity contribution in [2.45, 2.75) is 51.4 Å². The first-order valence-corrected chi connectivity index (χ1v) is 24.8. The summed E-state index contributed by atoms with van der Waals surface area (Å²) >= 11 is -1.86. The first-order valence-electron chi connectivity index (χ1n) is 17.4. The first kappa shape index (κ1) is 36.5. The van der Waals surface area contributed by atoms with Crippen LogP contribution >= 0.6 is 0 Å². The molecule has 51 heavy (non-hydrogen) atoms. The summed E-state index contributed by atoms with van der Waals surface area (Å²) in [6.45, 7) is 8.86. The summed E-state index contributed by atoms with van der Waals surface area (Å²) in [4.78, 5) is 9.73. The molecule has 1 radical (unpaired) electrons. The molecule has 3 aromatic heterocycles. The smallest absolute Gasteiger partial charge is 0.120 e. The van der Waals surface area contributed by atoms with Crippen molar-refractivity contribution in [2.75, 3.05) is 0 Å². The van der Waals surface area contributed by atoms with Crippen molar-refractivity contribution in [3.8, 4) is 28.3 Å². The van der Waals surface area contributed by atoms with Gasteiger partial charge in [0.25, 0.3) is 0 Å². The molecule has 0 bridgehead atoms. The Morgan fingerprint density at radius 2 is 1.51 bits per heavy atom. The van der Waals surface area contributed by atoms with E-state index in [4.69, 9.17) is 14.4 Å². The summed E-state index contributed by atoms with van der Waals surface area (Å²) in [5.41, 5.74) is 11.8. The van der Waals surface area contributed by atoms with Crippen LogP contribution in [0.4, 0.5) is 0 Å². The van der Waals surface area contributed by atoms with E-state index < -0.39 is 13.3 Å². The van der Waals surface area contributed by atoms with Crippen LogP contribution < -0.4 is 4.40 Å². The van der Waals surface area contributed by atoms with Gasteiger partial charge in [0.05, 0.1) is 22.4 Å². The van der Waals surface area contributed by atoms with Gasteiger partial charge < -0.3 is 8.98 Å². The molecular formula is C45H43GeIrN3O-2. The molecule has 0 unspecified atom stereocenters. The minimum atomic E-state index is -1.86. The van der Waals surface area contributed by atoms with Crippen LogP contribution in [0.25, 0.3) is 61.3 Å². The van der Waals surface area contributed by atoms with Crippen molar-refractivity contribution < 1.29 is 24.5 Å². The van der Waals surface area contributed by atoms with Gasteiger partial charge in [-0.1, -0.05) is 59.5 Å². The molecule has 259 valence electrons. The van der Waals surface area contributed by atoms with Crippen molar-refractivity contribution in [1.82, 2.24) is 14.5 Å². The average molecular weight is 907 g/mol. The summed E-state index contributed by atoms with van der Waals surface area (Å²) in [6.07, 6.45) is 3.27. The number of imidazole rings is 1. The minimum Gasteiger partial charge on any atom is -0.501 e. The average Bonchev–Trinajstić information content (AvgIpc) is 3.67. The number of aryl methyl sites for hydroxylation is 2.